The van der Waals surface area contributed by atoms with Crippen LogP contribution in [0.15, 0.2) is 48.5 Å². The smallest absolute Gasteiger partial charge is 0.253 e. The zero-order valence-corrected chi connectivity index (χ0v) is 15.6. The average Bonchev–Trinajstić information content (AvgIpc) is 3.58. The summed E-state index contributed by atoms with van der Waals surface area (Å²) in [6.45, 7) is 2.53. The van der Waals surface area contributed by atoms with Gasteiger partial charge in [0.1, 0.15) is 0 Å². The highest BCUT2D eigenvalue weighted by molar-refractivity contribution is 5.95. The molecule has 140 valence electrons. The van der Waals surface area contributed by atoms with Crippen LogP contribution in [-0.4, -0.2) is 54.8 Å². The Labute approximate surface area is 160 Å². The van der Waals surface area contributed by atoms with Crippen molar-refractivity contribution in [2.24, 2.45) is 5.92 Å². The van der Waals surface area contributed by atoms with Crippen LogP contribution < -0.4 is 5.32 Å². The summed E-state index contributed by atoms with van der Waals surface area (Å²) in [6, 6.07) is 16.0. The van der Waals surface area contributed by atoms with Crippen LogP contribution in [-0.2, 0) is 4.79 Å². The lowest BCUT2D eigenvalue weighted by molar-refractivity contribution is -0.134. The molecule has 5 nitrogen and oxygen atoms in total. The van der Waals surface area contributed by atoms with Crippen molar-refractivity contribution in [2.45, 2.75) is 12.8 Å². The fourth-order valence-corrected chi connectivity index (χ4v) is 3.56. The molecular weight excluding hydrogens is 338 g/mol. The minimum Gasteiger partial charge on any atom is -0.388 e. The topological polar surface area (TPSA) is 52.7 Å². The van der Waals surface area contributed by atoms with Crippen molar-refractivity contribution in [3.63, 3.8) is 0 Å². The minimum absolute atomic E-state index is 0.0454. The Balaban J connectivity index is 1.40. The van der Waals surface area contributed by atoms with Crippen molar-refractivity contribution in [3.8, 4) is 11.1 Å². The molecule has 0 atom stereocenters. The molecule has 27 heavy (non-hydrogen) atoms. The Bertz CT molecular complexity index is 835. The first-order valence-electron chi connectivity index (χ1n) is 9.62. The van der Waals surface area contributed by atoms with E-state index in [0.717, 1.165) is 29.7 Å². The summed E-state index contributed by atoms with van der Waals surface area (Å²) in [5.41, 5.74) is 3.97. The summed E-state index contributed by atoms with van der Waals surface area (Å²) in [4.78, 5) is 28.7. The van der Waals surface area contributed by atoms with Gasteiger partial charge in [0.05, 0.1) is 0 Å². The fraction of sp³-hybridized carbons (Fsp3) is 0.364. The van der Waals surface area contributed by atoms with Crippen molar-refractivity contribution in [3.05, 3.63) is 54.1 Å². The third kappa shape index (κ3) is 3.82. The summed E-state index contributed by atoms with van der Waals surface area (Å²) < 4.78 is 0. The first-order chi connectivity index (χ1) is 13.2. The van der Waals surface area contributed by atoms with Crippen LogP contribution in [0, 0.1) is 5.92 Å². The van der Waals surface area contributed by atoms with Gasteiger partial charge < -0.3 is 15.1 Å². The van der Waals surface area contributed by atoms with E-state index >= 15 is 0 Å². The molecule has 0 spiro atoms. The maximum absolute atomic E-state index is 12.8. The lowest BCUT2D eigenvalue weighted by Gasteiger charge is -2.35. The van der Waals surface area contributed by atoms with Gasteiger partial charge in [0.15, 0.2) is 0 Å². The Morgan fingerprint density at radius 3 is 2.19 bits per heavy atom. The van der Waals surface area contributed by atoms with Gasteiger partial charge in [0.25, 0.3) is 5.91 Å². The summed E-state index contributed by atoms with van der Waals surface area (Å²) in [5, 5.41) is 3.14. The number of carbonyl (C=O) groups excluding carboxylic acids is 2. The van der Waals surface area contributed by atoms with Crippen LogP contribution >= 0.6 is 0 Å². The SMILES string of the molecule is CNc1cccc(-c2ccc(C(=O)N3CCN(C(=O)C4CC4)CC3)cc2)c1. The van der Waals surface area contributed by atoms with Crippen molar-refractivity contribution in [1.82, 2.24) is 9.80 Å². The summed E-state index contributed by atoms with van der Waals surface area (Å²) in [7, 11) is 1.90. The number of hydrogen-bond acceptors (Lipinski definition) is 3. The van der Waals surface area contributed by atoms with Gasteiger partial charge in [0, 0.05) is 50.4 Å². The second kappa shape index (κ2) is 7.43. The lowest BCUT2D eigenvalue weighted by Crippen LogP contribution is -2.51. The highest BCUT2D eigenvalue weighted by Crippen LogP contribution is 2.31. The monoisotopic (exact) mass is 363 g/mol. The molecule has 1 saturated carbocycles. The Kier molecular flexibility index (Phi) is 4.84. The van der Waals surface area contributed by atoms with Gasteiger partial charge in [-0.15, -0.1) is 0 Å². The summed E-state index contributed by atoms with van der Waals surface area (Å²) in [5.74, 6) is 0.570. The second-order valence-corrected chi connectivity index (χ2v) is 7.30. The van der Waals surface area contributed by atoms with E-state index in [1.807, 2.05) is 53.2 Å². The molecule has 0 radical (unpaired) electrons. The largest absolute Gasteiger partial charge is 0.388 e. The number of amides is 2. The van der Waals surface area contributed by atoms with E-state index in [0.29, 0.717) is 31.7 Å². The first kappa shape index (κ1) is 17.6. The van der Waals surface area contributed by atoms with Crippen LogP contribution in [0.4, 0.5) is 5.69 Å². The molecule has 1 aliphatic heterocycles. The molecule has 0 bridgehead atoms. The van der Waals surface area contributed by atoms with Crippen LogP contribution in [0.25, 0.3) is 11.1 Å². The minimum atomic E-state index is 0.0454. The molecule has 2 aliphatic rings. The van der Waals surface area contributed by atoms with E-state index in [1.54, 1.807) is 0 Å². The molecule has 1 heterocycles. The molecule has 4 rings (SSSR count). The number of hydrogen-bond donors (Lipinski definition) is 1. The van der Waals surface area contributed by atoms with E-state index in [1.165, 1.54) is 0 Å². The van der Waals surface area contributed by atoms with E-state index < -0.39 is 0 Å². The van der Waals surface area contributed by atoms with Crippen LogP contribution in [0.2, 0.25) is 0 Å². The maximum Gasteiger partial charge on any atom is 0.253 e. The summed E-state index contributed by atoms with van der Waals surface area (Å²) in [6.07, 6.45) is 2.06. The van der Waals surface area contributed by atoms with Gasteiger partial charge in [-0.25, -0.2) is 0 Å². The van der Waals surface area contributed by atoms with Crippen LogP contribution in [0.3, 0.4) is 0 Å². The summed E-state index contributed by atoms with van der Waals surface area (Å²) >= 11 is 0. The van der Waals surface area contributed by atoms with E-state index in [-0.39, 0.29) is 17.7 Å². The Hall–Kier alpha value is -2.82. The van der Waals surface area contributed by atoms with Crippen molar-refractivity contribution in [2.75, 3.05) is 38.5 Å². The Morgan fingerprint density at radius 2 is 1.56 bits per heavy atom. The number of nitrogens with zero attached hydrogens (tertiary/aromatic N) is 2. The number of piperazine rings is 1. The zero-order valence-electron chi connectivity index (χ0n) is 15.6. The highest BCUT2D eigenvalue weighted by atomic mass is 16.2. The average molecular weight is 363 g/mol. The van der Waals surface area contributed by atoms with E-state index in [2.05, 4.69) is 17.4 Å². The highest BCUT2D eigenvalue weighted by Gasteiger charge is 2.35. The zero-order chi connectivity index (χ0) is 18.8. The van der Waals surface area contributed by atoms with Crippen molar-refractivity contribution in [1.29, 1.82) is 0 Å². The van der Waals surface area contributed by atoms with Gasteiger partial charge >= 0.3 is 0 Å². The Morgan fingerprint density at radius 1 is 0.889 bits per heavy atom. The number of rotatable bonds is 4. The van der Waals surface area contributed by atoms with Gasteiger partial charge in [-0.3, -0.25) is 9.59 Å². The molecule has 2 aromatic rings. The molecule has 5 heteroatoms. The molecule has 1 aliphatic carbocycles. The standard InChI is InChI=1S/C22H25N3O2/c1-23-20-4-2-3-19(15-20)16-5-7-17(8-6-16)21(26)24-11-13-25(14-12-24)22(27)18-9-10-18/h2-8,15,18,23H,9-14H2,1H3. The molecule has 0 aromatic heterocycles. The molecule has 2 amide bonds. The lowest BCUT2D eigenvalue weighted by atomic mass is 10.0. The fourth-order valence-electron chi connectivity index (χ4n) is 3.56. The quantitative estimate of drug-likeness (QED) is 0.908. The van der Waals surface area contributed by atoms with Gasteiger partial charge in [-0.1, -0.05) is 24.3 Å². The van der Waals surface area contributed by atoms with Crippen LogP contribution in [0.5, 0.6) is 0 Å². The predicted molar refractivity (Wildman–Crippen MR) is 107 cm³/mol. The molecular formula is C22H25N3O2. The molecule has 1 N–H and O–H groups in total. The van der Waals surface area contributed by atoms with E-state index in [9.17, 15) is 9.59 Å². The number of benzene rings is 2. The van der Waals surface area contributed by atoms with Crippen LogP contribution in [0.1, 0.15) is 23.2 Å². The molecule has 0 unspecified atom stereocenters. The van der Waals surface area contributed by atoms with Crippen molar-refractivity contribution < 1.29 is 9.59 Å². The van der Waals surface area contributed by atoms with E-state index in [4.69, 9.17) is 0 Å². The molecule has 2 aromatic carbocycles. The third-order valence-electron chi connectivity index (χ3n) is 5.42. The maximum atomic E-state index is 12.8. The predicted octanol–water partition coefficient (Wildman–Crippen LogP) is 3.09. The molecule has 2 fully saturated rings. The number of carbonyl (C=O) groups is 2. The number of anilines is 1. The van der Waals surface area contributed by atoms with Gasteiger partial charge in [-0.05, 0) is 48.2 Å². The normalized spacial score (nSPS) is 16.9. The van der Waals surface area contributed by atoms with Gasteiger partial charge in [-0.2, -0.15) is 0 Å². The number of nitrogens with one attached hydrogen (secondary N) is 1. The molecule has 1 saturated heterocycles. The van der Waals surface area contributed by atoms with Gasteiger partial charge in [0.2, 0.25) is 5.91 Å². The first-order valence-corrected chi connectivity index (χ1v) is 9.62. The second-order valence-electron chi connectivity index (χ2n) is 7.30. The third-order valence-corrected chi connectivity index (χ3v) is 5.42. The van der Waals surface area contributed by atoms with Crippen molar-refractivity contribution >= 4 is 17.5 Å².